The molecule has 0 atom stereocenters. The molecular formula is C14H18FNO2. The van der Waals surface area contributed by atoms with Gasteiger partial charge in [-0.2, -0.15) is 4.39 Å². The van der Waals surface area contributed by atoms with E-state index >= 15 is 0 Å². The number of amides is 1. The van der Waals surface area contributed by atoms with Crippen molar-refractivity contribution in [2.24, 2.45) is 0 Å². The molecule has 4 heteroatoms. The molecule has 0 unspecified atom stereocenters. The number of rotatable bonds is 5. The fourth-order valence-corrected chi connectivity index (χ4v) is 1.29. The minimum Gasteiger partial charge on any atom is -0.376 e. The average molecular weight is 251 g/mol. The van der Waals surface area contributed by atoms with Gasteiger partial charge in [-0.05, 0) is 45.4 Å². The molecule has 1 N–H and O–H groups in total. The summed E-state index contributed by atoms with van der Waals surface area (Å²) < 4.78 is 18.7. The first-order valence-electron chi connectivity index (χ1n) is 5.90. The number of carbonyl (C=O) groups excluding carboxylic acids is 1. The van der Waals surface area contributed by atoms with E-state index in [1.165, 1.54) is 12.1 Å². The van der Waals surface area contributed by atoms with Crippen LogP contribution in [0, 0.1) is 17.9 Å². The Kier molecular flexibility index (Phi) is 5.11. The van der Waals surface area contributed by atoms with Crippen molar-refractivity contribution in [3.63, 3.8) is 0 Å². The summed E-state index contributed by atoms with van der Waals surface area (Å²) in [7, 11) is 0. The largest absolute Gasteiger partial charge is 0.376 e. The van der Waals surface area contributed by atoms with Gasteiger partial charge >= 0.3 is 0 Å². The predicted octanol–water partition coefficient (Wildman–Crippen LogP) is 2.36. The fourth-order valence-electron chi connectivity index (χ4n) is 1.29. The molecule has 0 aliphatic heterocycles. The van der Waals surface area contributed by atoms with Gasteiger partial charge in [0.05, 0.1) is 11.2 Å². The van der Waals surface area contributed by atoms with Crippen molar-refractivity contribution >= 4 is 5.91 Å². The van der Waals surface area contributed by atoms with Crippen molar-refractivity contribution in [3.8, 4) is 0 Å². The number of halogens is 1. The zero-order valence-electron chi connectivity index (χ0n) is 11.0. The maximum Gasteiger partial charge on any atom is 0.254 e. The van der Waals surface area contributed by atoms with E-state index in [0.717, 1.165) is 0 Å². The first kappa shape index (κ1) is 14.5. The molecule has 0 aliphatic rings. The summed E-state index contributed by atoms with van der Waals surface area (Å²) in [6.45, 7) is 6.92. The smallest absolute Gasteiger partial charge is 0.254 e. The van der Waals surface area contributed by atoms with Gasteiger partial charge in [-0.15, -0.1) is 0 Å². The third-order valence-electron chi connectivity index (χ3n) is 2.14. The molecule has 98 valence electrons. The SMILES string of the molecule is CC(C)(C)OCCCNC(=O)c1ccc#cc1F. The van der Waals surface area contributed by atoms with E-state index in [1.54, 1.807) is 0 Å². The molecule has 0 fully saturated rings. The summed E-state index contributed by atoms with van der Waals surface area (Å²) in [4.78, 5) is 11.6. The van der Waals surface area contributed by atoms with Crippen LogP contribution in [0.15, 0.2) is 12.1 Å². The van der Waals surface area contributed by atoms with E-state index in [9.17, 15) is 9.18 Å². The molecule has 18 heavy (non-hydrogen) atoms. The monoisotopic (exact) mass is 251 g/mol. The molecule has 0 bridgehead atoms. The Morgan fingerprint density at radius 3 is 2.83 bits per heavy atom. The van der Waals surface area contributed by atoms with Crippen LogP contribution in [-0.4, -0.2) is 24.7 Å². The van der Waals surface area contributed by atoms with Crippen LogP contribution in [0.5, 0.6) is 0 Å². The van der Waals surface area contributed by atoms with Gasteiger partial charge in [-0.25, -0.2) is 0 Å². The molecule has 0 aromatic heterocycles. The molecule has 1 rings (SSSR count). The lowest BCUT2D eigenvalue weighted by molar-refractivity contribution is -0.00363. The van der Waals surface area contributed by atoms with Crippen molar-refractivity contribution in [1.29, 1.82) is 0 Å². The summed E-state index contributed by atoms with van der Waals surface area (Å²) in [5, 5.41) is 2.63. The van der Waals surface area contributed by atoms with E-state index in [0.29, 0.717) is 19.6 Å². The molecule has 3 nitrogen and oxygen atoms in total. The molecule has 0 radical (unpaired) electrons. The van der Waals surface area contributed by atoms with E-state index in [4.69, 9.17) is 4.74 Å². The molecule has 0 saturated heterocycles. The predicted molar refractivity (Wildman–Crippen MR) is 66.7 cm³/mol. The third-order valence-corrected chi connectivity index (χ3v) is 2.14. The minimum atomic E-state index is -0.680. The standard InChI is InChI=1S/C14H18FNO2/c1-14(2,3)18-10-6-9-16-13(17)11-7-4-5-8-12(11)15/h4,7H,6,9-10H2,1-3H3,(H,16,17). The zero-order chi connectivity index (χ0) is 13.6. The second-order valence-corrected chi connectivity index (χ2v) is 4.90. The summed E-state index contributed by atoms with van der Waals surface area (Å²) in [5.41, 5.74) is -0.189. The zero-order valence-corrected chi connectivity index (χ0v) is 11.0. The van der Waals surface area contributed by atoms with Crippen molar-refractivity contribution < 1.29 is 13.9 Å². The number of nitrogens with one attached hydrogen (secondary N) is 1. The third kappa shape index (κ3) is 5.15. The van der Waals surface area contributed by atoms with Crippen LogP contribution in [0.4, 0.5) is 4.39 Å². The Bertz CT molecular complexity index is 399. The van der Waals surface area contributed by atoms with Crippen LogP contribution in [0.3, 0.4) is 0 Å². The quantitative estimate of drug-likeness (QED) is 0.816. The van der Waals surface area contributed by atoms with Crippen LogP contribution in [0.1, 0.15) is 37.6 Å². The summed E-state index contributed by atoms with van der Waals surface area (Å²) >= 11 is 0. The summed E-state index contributed by atoms with van der Waals surface area (Å²) in [5.74, 6) is -1.12. The van der Waals surface area contributed by atoms with E-state index < -0.39 is 11.7 Å². The van der Waals surface area contributed by atoms with Crippen LogP contribution in [0.25, 0.3) is 0 Å². The van der Waals surface area contributed by atoms with Crippen molar-refractivity contribution in [2.45, 2.75) is 32.8 Å². The van der Waals surface area contributed by atoms with Crippen molar-refractivity contribution in [3.05, 3.63) is 35.6 Å². The van der Waals surface area contributed by atoms with Gasteiger partial charge in [0.15, 0.2) is 5.82 Å². The van der Waals surface area contributed by atoms with Crippen LogP contribution >= 0.6 is 0 Å². The molecule has 0 saturated carbocycles. The lowest BCUT2D eigenvalue weighted by Crippen LogP contribution is -2.27. The van der Waals surface area contributed by atoms with Crippen LogP contribution in [-0.2, 0) is 4.74 Å². The summed E-state index contributed by atoms with van der Waals surface area (Å²) in [6.07, 6.45) is 0.688. The molecule has 1 aromatic carbocycles. The topological polar surface area (TPSA) is 38.3 Å². The molecular weight excluding hydrogens is 233 g/mol. The van der Waals surface area contributed by atoms with Gasteiger partial charge < -0.3 is 10.1 Å². The highest BCUT2D eigenvalue weighted by molar-refractivity contribution is 5.94. The Morgan fingerprint density at radius 1 is 1.50 bits per heavy atom. The van der Waals surface area contributed by atoms with Gasteiger partial charge in [0.1, 0.15) is 0 Å². The Labute approximate surface area is 107 Å². The minimum absolute atomic E-state index is 0.00881. The second kappa shape index (κ2) is 6.36. The number of hydrogen-bond donors (Lipinski definition) is 1. The van der Waals surface area contributed by atoms with Gasteiger partial charge in [0.2, 0.25) is 0 Å². The molecule has 1 amide bonds. The van der Waals surface area contributed by atoms with Crippen LogP contribution < -0.4 is 5.32 Å². The molecule has 0 spiro atoms. The first-order valence-corrected chi connectivity index (χ1v) is 5.90. The molecule has 0 heterocycles. The molecule has 0 aliphatic carbocycles. The van der Waals surface area contributed by atoms with Gasteiger partial charge in [-0.3, -0.25) is 4.79 Å². The highest BCUT2D eigenvalue weighted by Crippen LogP contribution is 2.06. The Balaban J connectivity index is 2.28. The van der Waals surface area contributed by atoms with Gasteiger partial charge in [-0.1, -0.05) is 6.07 Å². The van der Waals surface area contributed by atoms with Crippen molar-refractivity contribution in [2.75, 3.05) is 13.2 Å². The Hall–Kier alpha value is -1.60. The van der Waals surface area contributed by atoms with E-state index in [-0.39, 0.29) is 11.2 Å². The van der Waals surface area contributed by atoms with Gasteiger partial charge in [0, 0.05) is 13.2 Å². The number of carbonyl (C=O) groups is 1. The molecule has 1 aromatic rings. The van der Waals surface area contributed by atoms with Crippen molar-refractivity contribution in [1.82, 2.24) is 5.32 Å². The highest BCUT2D eigenvalue weighted by Gasteiger charge is 2.11. The van der Waals surface area contributed by atoms with Gasteiger partial charge in [0.25, 0.3) is 5.91 Å². The lowest BCUT2D eigenvalue weighted by Gasteiger charge is -2.19. The second-order valence-electron chi connectivity index (χ2n) is 4.90. The average Bonchev–Trinajstić information content (AvgIpc) is 2.27. The lowest BCUT2D eigenvalue weighted by atomic mass is 10.2. The normalized spacial score (nSPS) is 10.9. The van der Waals surface area contributed by atoms with E-state index in [1.807, 2.05) is 20.8 Å². The van der Waals surface area contributed by atoms with E-state index in [2.05, 4.69) is 17.4 Å². The fraction of sp³-hybridized carbons (Fsp3) is 0.500. The highest BCUT2D eigenvalue weighted by atomic mass is 19.1. The maximum absolute atomic E-state index is 13.2. The number of hydrogen-bond acceptors (Lipinski definition) is 2. The first-order chi connectivity index (χ1) is 8.40. The van der Waals surface area contributed by atoms with Crippen LogP contribution in [0.2, 0.25) is 0 Å². The Morgan fingerprint density at radius 2 is 2.22 bits per heavy atom. The maximum atomic E-state index is 13.2. The summed E-state index contributed by atoms with van der Waals surface area (Å²) in [6, 6.07) is 7.51. The number of ether oxygens (including phenoxy) is 1.